The molecular weight excluding hydrogens is 361 g/mol. The second-order valence-electron chi connectivity index (χ2n) is 5.85. The average Bonchev–Trinajstić information content (AvgIpc) is 2.91. The fourth-order valence-corrected chi connectivity index (χ4v) is 2.99. The summed E-state index contributed by atoms with van der Waals surface area (Å²) >= 11 is 12.3. The Hall–Kier alpha value is -2.24. The molecule has 0 spiro atoms. The summed E-state index contributed by atoms with van der Waals surface area (Å²) in [5.74, 6) is 0.255. The lowest BCUT2D eigenvalue weighted by molar-refractivity contribution is 0.0601. The summed E-state index contributed by atoms with van der Waals surface area (Å²) in [7, 11) is 1.36. The van der Waals surface area contributed by atoms with Crippen molar-refractivity contribution in [2.24, 2.45) is 0 Å². The van der Waals surface area contributed by atoms with Gasteiger partial charge in [-0.3, -0.25) is 0 Å². The molecule has 1 N–H and O–H groups in total. The van der Waals surface area contributed by atoms with E-state index in [9.17, 15) is 4.79 Å². The highest BCUT2D eigenvalue weighted by Gasteiger charge is 2.16. The number of hydrogen-bond donors (Lipinski definition) is 1. The van der Waals surface area contributed by atoms with E-state index in [0.29, 0.717) is 21.6 Å². The van der Waals surface area contributed by atoms with Crippen LogP contribution in [0.15, 0.2) is 36.4 Å². The van der Waals surface area contributed by atoms with E-state index in [1.165, 1.54) is 7.11 Å². The van der Waals surface area contributed by atoms with Crippen LogP contribution in [0.2, 0.25) is 10.0 Å². The number of fused-ring (bicyclic) bond motifs is 1. The molecule has 0 radical (unpaired) electrons. The van der Waals surface area contributed by atoms with Gasteiger partial charge >= 0.3 is 5.97 Å². The van der Waals surface area contributed by atoms with E-state index >= 15 is 0 Å². The Morgan fingerprint density at radius 3 is 2.60 bits per heavy atom. The van der Waals surface area contributed by atoms with Gasteiger partial charge in [0, 0.05) is 11.7 Å². The predicted molar refractivity (Wildman–Crippen MR) is 101 cm³/mol. The zero-order valence-corrected chi connectivity index (χ0v) is 15.5. The van der Waals surface area contributed by atoms with E-state index in [2.05, 4.69) is 24.1 Å². The van der Waals surface area contributed by atoms with E-state index < -0.39 is 0 Å². The van der Waals surface area contributed by atoms with Crippen LogP contribution in [0.3, 0.4) is 0 Å². The molecule has 0 aliphatic rings. The third-order valence-corrected chi connectivity index (χ3v) is 4.51. The van der Waals surface area contributed by atoms with Gasteiger partial charge in [0.05, 0.1) is 33.8 Å². The molecule has 3 aromatic rings. The first-order valence-electron chi connectivity index (χ1n) is 7.73. The van der Waals surface area contributed by atoms with Crippen LogP contribution in [0.4, 0.5) is 11.6 Å². The van der Waals surface area contributed by atoms with Gasteiger partial charge in [-0.1, -0.05) is 29.3 Å². The van der Waals surface area contributed by atoms with E-state index in [4.69, 9.17) is 27.9 Å². The zero-order chi connectivity index (χ0) is 18.1. The van der Waals surface area contributed by atoms with Crippen LogP contribution in [-0.2, 0) is 4.74 Å². The van der Waals surface area contributed by atoms with Gasteiger partial charge in [0.1, 0.15) is 0 Å². The van der Waals surface area contributed by atoms with Crippen molar-refractivity contribution in [2.45, 2.75) is 19.9 Å². The molecule has 1 aromatic heterocycles. The highest BCUT2D eigenvalue weighted by molar-refractivity contribution is 6.42. The van der Waals surface area contributed by atoms with E-state index in [1.807, 2.05) is 16.7 Å². The summed E-state index contributed by atoms with van der Waals surface area (Å²) in [6, 6.07) is 10.8. The van der Waals surface area contributed by atoms with Crippen molar-refractivity contribution >= 4 is 51.8 Å². The van der Waals surface area contributed by atoms with E-state index in [0.717, 1.165) is 16.7 Å². The number of imidazole rings is 1. The minimum absolute atomic E-state index is 0.147. The maximum absolute atomic E-state index is 11.7. The number of carbonyl (C=O) groups is 1. The molecule has 0 atom stereocenters. The van der Waals surface area contributed by atoms with Crippen LogP contribution in [0.1, 0.15) is 30.2 Å². The number of benzene rings is 2. The highest BCUT2D eigenvalue weighted by atomic mass is 35.5. The number of anilines is 2. The Bertz CT molecular complexity index is 951. The van der Waals surface area contributed by atoms with Gasteiger partial charge in [-0.2, -0.15) is 0 Å². The molecule has 0 aliphatic heterocycles. The summed E-state index contributed by atoms with van der Waals surface area (Å²) in [6.45, 7) is 4.11. The number of ether oxygens (including phenoxy) is 1. The molecule has 5 nitrogen and oxygen atoms in total. The summed E-state index contributed by atoms with van der Waals surface area (Å²) < 4.78 is 6.79. The van der Waals surface area contributed by atoms with Gasteiger partial charge in [-0.25, -0.2) is 9.78 Å². The standard InChI is InChI=1S/C18H17Cl2N3O2/c1-10(2)23-16-9-14(20)13(19)8-15(16)22-18(23)21-12-6-4-5-11(7-12)17(24)25-3/h4-10H,1-3H3,(H,21,22). The number of hydrogen-bond acceptors (Lipinski definition) is 4. The summed E-state index contributed by atoms with van der Waals surface area (Å²) in [5, 5.41) is 4.20. The number of methoxy groups -OCH3 is 1. The summed E-state index contributed by atoms with van der Waals surface area (Å²) in [6.07, 6.45) is 0. The molecule has 0 aliphatic carbocycles. The second-order valence-corrected chi connectivity index (χ2v) is 6.67. The Kier molecular flexibility index (Phi) is 4.88. The van der Waals surface area contributed by atoms with Crippen LogP contribution >= 0.6 is 23.2 Å². The number of rotatable bonds is 4. The molecule has 0 saturated heterocycles. The molecule has 1 heterocycles. The van der Waals surface area contributed by atoms with Crippen LogP contribution in [0, 0.1) is 0 Å². The monoisotopic (exact) mass is 377 g/mol. The summed E-state index contributed by atoms with van der Waals surface area (Å²) in [5.41, 5.74) is 2.83. The first-order valence-corrected chi connectivity index (χ1v) is 8.48. The van der Waals surface area contributed by atoms with Gasteiger partial charge in [0.25, 0.3) is 0 Å². The van der Waals surface area contributed by atoms with Gasteiger partial charge in [-0.05, 0) is 44.2 Å². The molecule has 0 saturated carbocycles. The van der Waals surface area contributed by atoms with E-state index in [-0.39, 0.29) is 12.0 Å². The molecule has 0 bridgehead atoms. The molecule has 130 valence electrons. The molecule has 0 unspecified atom stereocenters. The molecule has 25 heavy (non-hydrogen) atoms. The van der Waals surface area contributed by atoms with Crippen molar-refractivity contribution in [3.05, 3.63) is 52.0 Å². The Labute approximate surface area is 155 Å². The van der Waals surface area contributed by atoms with Crippen molar-refractivity contribution in [1.82, 2.24) is 9.55 Å². The summed E-state index contributed by atoms with van der Waals surface area (Å²) in [4.78, 5) is 16.3. The second kappa shape index (κ2) is 6.94. The van der Waals surface area contributed by atoms with Crippen molar-refractivity contribution in [1.29, 1.82) is 0 Å². The fraction of sp³-hybridized carbons (Fsp3) is 0.222. The van der Waals surface area contributed by atoms with Gasteiger partial charge in [0.2, 0.25) is 5.95 Å². The van der Waals surface area contributed by atoms with Crippen LogP contribution in [0.25, 0.3) is 11.0 Å². The van der Waals surface area contributed by atoms with Gasteiger partial charge in [0.15, 0.2) is 0 Å². The molecule has 3 rings (SSSR count). The molecule has 2 aromatic carbocycles. The van der Waals surface area contributed by atoms with Gasteiger partial charge < -0.3 is 14.6 Å². The lowest BCUT2D eigenvalue weighted by atomic mass is 10.2. The normalized spacial score (nSPS) is 11.1. The molecular formula is C18H17Cl2N3O2. The third-order valence-electron chi connectivity index (χ3n) is 3.79. The van der Waals surface area contributed by atoms with Crippen LogP contribution < -0.4 is 5.32 Å². The highest BCUT2D eigenvalue weighted by Crippen LogP contribution is 2.32. The number of nitrogens with one attached hydrogen (secondary N) is 1. The smallest absolute Gasteiger partial charge is 0.337 e. The minimum Gasteiger partial charge on any atom is -0.465 e. The predicted octanol–water partition coefficient (Wildman–Crippen LogP) is 5.45. The first kappa shape index (κ1) is 17.6. The Balaban J connectivity index is 2.07. The topological polar surface area (TPSA) is 56.1 Å². The molecule has 7 heteroatoms. The minimum atomic E-state index is -0.389. The number of aromatic nitrogens is 2. The number of halogens is 2. The molecule has 0 amide bonds. The maximum atomic E-state index is 11.7. The SMILES string of the molecule is COC(=O)c1cccc(Nc2nc3cc(Cl)c(Cl)cc3n2C(C)C)c1. The number of nitrogens with zero attached hydrogens (tertiary/aromatic N) is 2. The lowest BCUT2D eigenvalue weighted by Gasteiger charge is -2.14. The first-order chi connectivity index (χ1) is 11.9. The maximum Gasteiger partial charge on any atom is 0.337 e. The van der Waals surface area contributed by atoms with Gasteiger partial charge in [-0.15, -0.1) is 0 Å². The largest absolute Gasteiger partial charge is 0.465 e. The number of esters is 1. The fourth-order valence-electron chi connectivity index (χ4n) is 2.67. The Morgan fingerprint density at radius 1 is 1.20 bits per heavy atom. The van der Waals surface area contributed by atoms with Crippen LogP contribution in [0.5, 0.6) is 0 Å². The number of carbonyl (C=O) groups excluding carboxylic acids is 1. The van der Waals surface area contributed by atoms with Crippen molar-refractivity contribution < 1.29 is 9.53 Å². The third kappa shape index (κ3) is 3.43. The van der Waals surface area contributed by atoms with Crippen molar-refractivity contribution in [2.75, 3.05) is 12.4 Å². The van der Waals surface area contributed by atoms with E-state index in [1.54, 1.807) is 24.3 Å². The lowest BCUT2D eigenvalue weighted by Crippen LogP contribution is -2.07. The van der Waals surface area contributed by atoms with Crippen molar-refractivity contribution in [3.8, 4) is 0 Å². The Morgan fingerprint density at radius 2 is 1.92 bits per heavy atom. The van der Waals surface area contributed by atoms with Crippen LogP contribution in [-0.4, -0.2) is 22.6 Å². The van der Waals surface area contributed by atoms with Crippen molar-refractivity contribution in [3.63, 3.8) is 0 Å². The molecule has 0 fully saturated rings. The zero-order valence-electron chi connectivity index (χ0n) is 14.0. The average molecular weight is 378 g/mol. The quantitative estimate of drug-likeness (QED) is 0.613.